The second-order valence-electron chi connectivity index (χ2n) is 8.16. The van der Waals surface area contributed by atoms with Crippen molar-refractivity contribution in [3.05, 3.63) is 41.0 Å². The zero-order valence-electron chi connectivity index (χ0n) is 17.9. The number of carbonyl (C=O) groups excluding carboxylic acids is 2. The van der Waals surface area contributed by atoms with Gasteiger partial charge in [-0.3, -0.25) is 9.59 Å². The monoisotopic (exact) mass is 461 g/mol. The first kappa shape index (κ1) is 22.8. The smallest absolute Gasteiger partial charge is 0.276 e. The molecule has 0 radical (unpaired) electrons. The van der Waals surface area contributed by atoms with Crippen molar-refractivity contribution in [2.24, 2.45) is 0 Å². The molecule has 0 aliphatic carbocycles. The van der Waals surface area contributed by atoms with Gasteiger partial charge in [0.05, 0.1) is 12.2 Å². The molecule has 2 atom stereocenters. The van der Waals surface area contributed by atoms with E-state index in [4.69, 9.17) is 25.6 Å². The molecule has 0 unspecified atom stereocenters. The number of hydrogen-bond donors (Lipinski definition) is 1. The molecule has 2 aromatic rings. The van der Waals surface area contributed by atoms with Crippen LogP contribution in [0.3, 0.4) is 0 Å². The number of aromatic nitrogens is 1. The van der Waals surface area contributed by atoms with Crippen LogP contribution in [0.2, 0.25) is 5.02 Å². The first-order valence-corrected chi connectivity index (χ1v) is 11.5. The van der Waals surface area contributed by atoms with Gasteiger partial charge in [-0.05, 0) is 37.8 Å². The first-order valence-electron chi connectivity index (χ1n) is 11.1. The molecule has 3 heterocycles. The Morgan fingerprint density at radius 2 is 1.91 bits per heavy atom. The van der Waals surface area contributed by atoms with E-state index in [1.807, 2.05) is 6.07 Å². The Morgan fingerprint density at radius 1 is 1.12 bits per heavy atom. The maximum Gasteiger partial charge on any atom is 0.276 e. The summed E-state index contributed by atoms with van der Waals surface area (Å²) in [5.41, 5.74) is 0.931. The van der Waals surface area contributed by atoms with Gasteiger partial charge in [0.1, 0.15) is 0 Å². The number of benzene rings is 1. The van der Waals surface area contributed by atoms with Gasteiger partial charge in [0.2, 0.25) is 5.91 Å². The number of rotatable bonds is 9. The van der Waals surface area contributed by atoms with E-state index in [1.54, 1.807) is 29.2 Å². The summed E-state index contributed by atoms with van der Waals surface area (Å²) in [7, 11) is 0. The minimum Gasteiger partial charge on any atom is -0.376 e. The largest absolute Gasteiger partial charge is 0.376 e. The topological polar surface area (TPSA) is 93.9 Å². The molecule has 1 aromatic heterocycles. The number of amides is 2. The zero-order chi connectivity index (χ0) is 22.3. The van der Waals surface area contributed by atoms with Crippen molar-refractivity contribution in [2.45, 2.75) is 44.3 Å². The molecule has 172 valence electrons. The zero-order valence-corrected chi connectivity index (χ0v) is 18.7. The third-order valence-electron chi connectivity index (χ3n) is 5.73. The molecule has 1 aromatic carbocycles. The Morgan fingerprint density at radius 3 is 2.62 bits per heavy atom. The quantitative estimate of drug-likeness (QED) is 0.615. The van der Waals surface area contributed by atoms with Gasteiger partial charge in [-0.2, -0.15) is 0 Å². The highest BCUT2D eigenvalue weighted by atomic mass is 35.5. The van der Waals surface area contributed by atoms with E-state index in [2.05, 4.69) is 10.5 Å². The minimum absolute atomic E-state index is 0.0341. The summed E-state index contributed by atoms with van der Waals surface area (Å²) < 4.78 is 16.6. The van der Waals surface area contributed by atoms with E-state index in [-0.39, 0.29) is 42.7 Å². The van der Waals surface area contributed by atoms with Crippen LogP contribution in [0, 0.1) is 0 Å². The summed E-state index contributed by atoms with van der Waals surface area (Å²) in [6, 6.07) is 8.76. The van der Waals surface area contributed by atoms with Crippen LogP contribution in [0.25, 0.3) is 11.3 Å². The van der Waals surface area contributed by atoms with Crippen LogP contribution in [-0.2, 0) is 14.3 Å². The van der Waals surface area contributed by atoms with Crippen LogP contribution in [0.4, 0.5) is 0 Å². The molecule has 9 heteroatoms. The third kappa shape index (κ3) is 6.09. The summed E-state index contributed by atoms with van der Waals surface area (Å²) in [4.78, 5) is 27.2. The standard InChI is InChI=1S/C23H28ClN3O5/c24-17-5-1-4-16(12-17)21-13-20(26-32-21)23(29)27(15-19-7-3-11-31-19)9-8-22(28)25-14-18-6-2-10-30-18/h1,4-5,12-13,18-19H,2-3,6-11,14-15H2,(H,25,28)/t18-,19+/m0/s1. The molecular formula is C23H28ClN3O5. The maximum absolute atomic E-state index is 13.2. The van der Waals surface area contributed by atoms with Crippen molar-refractivity contribution in [3.63, 3.8) is 0 Å². The van der Waals surface area contributed by atoms with Gasteiger partial charge >= 0.3 is 0 Å². The highest BCUT2D eigenvalue weighted by Gasteiger charge is 2.26. The van der Waals surface area contributed by atoms with Gasteiger partial charge in [0.25, 0.3) is 5.91 Å². The van der Waals surface area contributed by atoms with Crippen LogP contribution in [0.5, 0.6) is 0 Å². The van der Waals surface area contributed by atoms with E-state index >= 15 is 0 Å². The van der Waals surface area contributed by atoms with Gasteiger partial charge in [-0.15, -0.1) is 0 Å². The normalized spacial score (nSPS) is 20.4. The molecule has 2 aliphatic heterocycles. The molecule has 8 nitrogen and oxygen atoms in total. The molecule has 0 bridgehead atoms. The van der Waals surface area contributed by atoms with E-state index < -0.39 is 0 Å². The summed E-state index contributed by atoms with van der Waals surface area (Å²) in [6.07, 6.45) is 4.10. The average molecular weight is 462 g/mol. The average Bonchev–Trinajstić information content (AvgIpc) is 3.57. The summed E-state index contributed by atoms with van der Waals surface area (Å²) >= 11 is 6.05. The lowest BCUT2D eigenvalue weighted by Gasteiger charge is -2.24. The SMILES string of the molecule is O=C(CCN(C[C@H]1CCCO1)C(=O)c1cc(-c2cccc(Cl)c2)on1)NC[C@@H]1CCCO1. The molecule has 2 amide bonds. The number of nitrogens with zero attached hydrogens (tertiary/aromatic N) is 2. The van der Waals surface area contributed by atoms with Crippen LogP contribution < -0.4 is 5.32 Å². The Hall–Kier alpha value is -2.42. The van der Waals surface area contributed by atoms with Crippen molar-refractivity contribution in [1.29, 1.82) is 0 Å². The van der Waals surface area contributed by atoms with Crippen molar-refractivity contribution < 1.29 is 23.6 Å². The van der Waals surface area contributed by atoms with E-state index in [0.717, 1.165) is 37.9 Å². The van der Waals surface area contributed by atoms with E-state index in [9.17, 15) is 9.59 Å². The molecular weight excluding hydrogens is 434 g/mol. The van der Waals surface area contributed by atoms with Crippen molar-refractivity contribution in [3.8, 4) is 11.3 Å². The molecule has 2 aliphatic rings. The van der Waals surface area contributed by atoms with Crippen molar-refractivity contribution in [1.82, 2.24) is 15.4 Å². The Kier molecular flexibility index (Phi) is 7.78. The van der Waals surface area contributed by atoms with Gasteiger partial charge in [-0.1, -0.05) is 28.9 Å². The highest BCUT2D eigenvalue weighted by molar-refractivity contribution is 6.30. The van der Waals surface area contributed by atoms with Crippen LogP contribution >= 0.6 is 11.6 Å². The molecule has 1 N–H and O–H groups in total. The van der Waals surface area contributed by atoms with Crippen molar-refractivity contribution in [2.75, 3.05) is 32.8 Å². The second-order valence-corrected chi connectivity index (χ2v) is 8.60. The second kappa shape index (κ2) is 10.9. The van der Waals surface area contributed by atoms with Gasteiger partial charge in [-0.25, -0.2) is 0 Å². The minimum atomic E-state index is -0.288. The molecule has 0 saturated carbocycles. The predicted octanol–water partition coefficient (Wildman–Crippen LogP) is 3.30. The Labute approximate surface area is 192 Å². The molecule has 0 spiro atoms. The number of halogens is 1. The fourth-order valence-electron chi connectivity index (χ4n) is 3.98. The molecule has 32 heavy (non-hydrogen) atoms. The van der Waals surface area contributed by atoms with Gasteiger partial charge in [0, 0.05) is 55.9 Å². The lowest BCUT2D eigenvalue weighted by molar-refractivity contribution is -0.121. The highest BCUT2D eigenvalue weighted by Crippen LogP contribution is 2.24. The van der Waals surface area contributed by atoms with Crippen molar-refractivity contribution >= 4 is 23.4 Å². The Bertz CT molecular complexity index is 922. The molecule has 2 saturated heterocycles. The van der Waals surface area contributed by atoms with Crippen LogP contribution in [0.15, 0.2) is 34.9 Å². The molecule has 4 rings (SSSR count). The Balaban J connectivity index is 1.38. The maximum atomic E-state index is 13.2. The fraction of sp³-hybridized carbons (Fsp3) is 0.522. The van der Waals surface area contributed by atoms with E-state index in [1.165, 1.54) is 0 Å². The van der Waals surface area contributed by atoms with E-state index in [0.29, 0.717) is 30.5 Å². The lowest BCUT2D eigenvalue weighted by atomic mass is 10.1. The summed E-state index contributed by atoms with van der Waals surface area (Å²) in [5, 5.41) is 7.44. The van der Waals surface area contributed by atoms with Gasteiger partial charge < -0.3 is 24.2 Å². The van der Waals surface area contributed by atoms with Crippen LogP contribution in [-0.4, -0.2) is 66.9 Å². The van der Waals surface area contributed by atoms with Crippen LogP contribution in [0.1, 0.15) is 42.6 Å². The predicted molar refractivity (Wildman–Crippen MR) is 118 cm³/mol. The lowest BCUT2D eigenvalue weighted by Crippen LogP contribution is -2.40. The number of nitrogens with one attached hydrogen (secondary N) is 1. The van der Waals surface area contributed by atoms with Gasteiger partial charge in [0.15, 0.2) is 11.5 Å². The fourth-order valence-corrected chi connectivity index (χ4v) is 4.17. The number of carbonyl (C=O) groups is 2. The summed E-state index contributed by atoms with van der Waals surface area (Å²) in [5.74, 6) is 0.0667. The first-order chi connectivity index (χ1) is 15.6. The number of hydrogen-bond acceptors (Lipinski definition) is 6. The third-order valence-corrected chi connectivity index (χ3v) is 5.97. The summed E-state index contributed by atoms with van der Waals surface area (Å²) in [6.45, 7) is 2.63. The number of ether oxygens (including phenoxy) is 2. The molecule has 2 fully saturated rings.